The fourth-order valence-corrected chi connectivity index (χ4v) is 3.06. The van der Waals surface area contributed by atoms with Crippen LogP contribution in [0.5, 0.6) is 17.2 Å². The van der Waals surface area contributed by atoms with Gasteiger partial charge in [0.1, 0.15) is 12.4 Å². The van der Waals surface area contributed by atoms with Gasteiger partial charge in [-0.05, 0) is 42.3 Å². The molecular weight excluding hydrogens is 354 g/mol. The third-order valence-corrected chi connectivity index (χ3v) is 4.54. The maximum atomic E-state index is 12.6. The summed E-state index contributed by atoms with van der Waals surface area (Å²) < 4.78 is 16.5. The summed E-state index contributed by atoms with van der Waals surface area (Å²) in [7, 11) is 0. The number of hydrogen-bond donors (Lipinski definition) is 1. The van der Waals surface area contributed by atoms with Crippen molar-refractivity contribution in [2.75, 3.05) is 13.3 Å². The Hall–Kier alpha value is -3.47. The van der Waals surface area contributed by atoms with E-state index in [-0.39, 0.29) is 12.7 Å². The second-order valence-corrected chi connectivity index (χ2v) is 6.45. The van der Waals surface area contributed by atoms with Crippen LogP contribution in [-0.2, 0) is 13.0 Å². The van der Waals surface area contributed by atoms with Crippen LogP contribution in [0.25, 0.3) is 0 Å². The van der Waals surface area contributed by atoms with E-state index in [0.29, 0.717) is 25.1 Å². The van der Waals surface area contributed by atoms with E-state index in [2.05, 4.69) is 5.32 Å². The molecule has 142 valence electrons. The van der Waals surface area contributed by atoms with Crippen molar-refractivity contribution in [2.45, 2.75) is 13.0 Å². The normalized spacial score (nSPS) is 11.9. The zero-order valence-electron chi connectivity index (χ0n) is 15.4. The molecule has 3 aromatic rings. The van der Waals surface area contributed by atoms with Gasteiger partial charge in [0.25, 0.3) is 5.91 Å². The quantitative estimate of drug-likeness (QED) is 0.679. The number of carbonyl (C=O) groups excluding carboxylic acids is 1. The molecule has 0 spiro atoms. The summed E-state index contributed by atoms with van der Waals surface area (Å²) in [5.74, 6) is 2.20. The van der Waals surface area contributed by atoms with Crippen molar-refractivity contribution in [3.05, 3.63) is 89.5 Å². The monoisotopic (exact) mass is 375 g/mol. The highest BCUT2D eigenvalue weighted by molar-refractivity contribution is 5.95. The molecule has 1 aliphatic rings. The van der Waals surface area contributed by atoms with Crippen LogP contribution in [0.3, 0.4) is 0 Å². The predicted molar refractivity (Wildman–Crippen MR) is 106 cm³/mol. The van der Waals surface area contributed by atoms with E-state index in [1.165, 1.54) is 0 Å². The fourth-order valence-electron chi connectivity index (χ4n) is 3.06. The number of carbonyl (C=O) groups is 1. The van der Waals surface area contributed by atoms with Crippen LogP contribution in [0.1, 0.15) is 21.5 Å². The molecule has 1 amide bonds. The Bertz CT molecular complexity index is 956. The summed E-state index contributed by atoms with van der Waals surface area (Å²) >= 11 is 0. The first-order chi connectivity index (χ1) is 13.8. The summed E-state index contributed by atoms with van der Waals surface area (Å²) in [6, 6.07) is 22.9. The van der Waals surface area contributed by atoms with E-state index < -0.39 is 0 Å². The van der Waals surface area contributed by atoms with Crippen molar-refractivity contribution in [3.8, 4) is 17.2 Å². The molecule has 0 atom stereocenters. The first kappa shape index (κ1) is 17.9. The van der Waals surface area contributed by atoms with Crippen LogP contribution < -0.4 is 19.5 Å². The number of amides is 1. The highest BCUT2D eigenvalue weighted by atomic mass is 16.7. The SMILES string of the molecule is O=C(NCCc1ccc2c(c1)OCO2)c1ccccc1COc1ccccc1. The van der Waals surface area contributed by atoms with Crippen molar-refractivity contribution < 1.29 is 19.0 Å². The number of nitrogens with one attached hydrogen (secondary N) is 1. The Kier molecular flexibility index (Phi) is 5.43. The van der Waals surface area contributed by atoms with Crippen LogP contribution in [0.2, 0.25) is 0 Å². The Morgan fingerprint density at radius 3 is 2.61 bits per heavy atom. The number of fused-ring (bicyclic) bond motifs is 1. The second kappa shape index (κ2) is 8.48. The lowest BCUT2D eigenvalue weighted by atomic mass is 10.1. The molecule has 1 aliphatic heterocycles. The number of ether oxygens (including phenoxy) is 3. The molecule has 3 aromatic carbocycles. The third-order valence-electron chi connectivity index (χ3n) is 4.54. The van der Waals surface area contributed by atoms with Crippen LogP contribution in [-0.4, -0.2) is 19.2 Å². The van der Waals surface area contributed by atoms with E-state index in [0.717, 1.165) is 28.4 Å². The number of para-hydroxylation sites is 1. The van der Waals surface area contributed by atoms with Gasteiger partial charge in [0.15, 0.2) is 11.5 Å². The Morgan fingerprint density at radius 1 is 0.929 bits per heavy atom. The minimum atomic E-state index is -0.104. The molecule has 4 rings (SSSR count). The van der Waals surface area contributed by atoms with Gasteiger partial charge in [0.2, 0.25) is 6.79 Å². The van der Waals surface area contributed by atoms with Gasteiger partial charge in [-0.2, -0.15) is 0 Å². The van der Waals surface area contributed by atoms with Gasteiger partial charge in [-0.1, -0.05) is 42.5 Å². The lowest BCUT2D eigenvalue weighted by Crippen LogP contribution is -2.26. The highest BCUT2D eigenvalue weighted by Crippen LogP contribution is 2.32. The van der Waals surface area contributed by atoms with Gasteiger partial charge in [-0.3, -0.25) is 4.79 Å². The Morgan fingerprint density at radius 2 is 1.71 bits per heavy atom. The van der Waals surface area contributed by atoms with Crippen LogP contribution in [0, 0.1) is 0 Å². The van der Waals surface area contributed by atoms with Gasteiger partial charge in [0.05, 0.1) is 0 Å². The van der Waals surface area contributed by atoms with Gasteiger partial charge in [-0.25, -0.2) is 0 Å². The summed E-state index contributed by atoms with van der Waals surface area (Å²) in [4.78, 5) is 12.6. The minimum absolute atomic E-state index is 0.104. The summed E-state index contributed by atoms with van der Waals surface area (Å²) in [5.41, 5.74) is 2.57. The predicted octanol–water partition coefficient (Wildman–Crippen LogP) is 3.97. The molecule has 0 radical (unpaired) electrons. The number of benzene rings is 3. The van der Waals surface area contributed by atoms with Crippen LogP contribution in [0.15, 0.2) is 72.8 Å². The molecular formula is C23H21NO4. The van der Waals surface area contributed by atoms with E-state index in [1.54, 1.807) is 0 Å². The molecule has 0 aromatic heterocycles. The maximum Gasteiger partial charge on any atom is 0.251 e. The molecule has 0 fully saturated rings. The standard InChI is InChI=1S/C23H21NO4/c25-23(24-13-12-17-10-11-21-22(14-17)28-16-27-21)20-9-5-4-6-18(20)15-26-19-7-2-1-3-8-19/h1-11,14H,12-13,15-16H2,(H,24,25). The zero-order valence-corrected chi connectivity index (χ0v) is 15.4. The van der Waals surface area contributed by atoms with Crippen LogP contribution >= 0.6 is 0 Å². The molecule has 0 unspecified atom stereocenters. The summed E-state index contributed by atoms with van der Waals surface area (Å²) in [6.45, 7) is 1.14. The lowest BCUT2D eigenvalue weighted by Gasteiger charge is -2.12. The van der Waals surface area contributed by atoms with Gasteiger partial charge in [-0.15, -0.1) is 0 Å². The summed E-state index contributed by atoms with van der Waals surface area (Å²) in [5, 5.41) is 2.99. The van der Waals surface area contributed by atoms with Crippen molar-refractivity contribution in [2.24, 2.45) is 0 Å². The number of hydrogen-bond acceptors (Lipinski definition) is 4. The lowest BCUT2D eigenvalue weighted by molar-refractivity contribution is 0.0951. The molecule has 1 heterocycles. The second-order valence-electron chi connectivity index (χ2n) is 6.45. The molecule has 0 bridgehead atoms. The van der Waals surface area contributed by atoms with E-state index in [4.69, 9.17) is 14.2 Å². The molecule has 0 aliphatic carbocycles. The third kappa shape index (κ3) is 4.26. The van der Waals surface area contributed by atoms with Crippen molar-refractivity contribution >= 4 is 5.91 Å². The van der Waals surface area contributed by atoms with Gasteiger partial charge >= 0.3 is 0 Å². The molecule has 0 saturated carbocycles. The van der Waals surface area contributed by atoms with Crippen molar-refractivity contribution in [1.29, 1.82) is 0 Å². The van der Waals surface area contributed by atoms with Crippen molar-refractivity contribution in [3.63, 3.8) is 0 Å². The topological polar surface area (TPSA) is 56.8 Å². The highest BCUT2D eigenvalue weighted by Gasteiger charge is 2.14. The molecule has 5 heteroatoms. The van der Waals surface area contributed by atoms with Crippen molar-refractivity contribution in [1.82, 2.24) is 5.32 Å². The number of rotatable bonds is 7. The molecule has 1 N–H and O–H groups in total. The molecule has 5 nitrogen and oxygen atoms in total. The summed E-state index contributed by atoms with van der Waals surface area (Å²) in [6.07, 6.45) is 0.713. The van der Waals surface area contributed by atoms with Gasteiger partial charge < -0.3 is 19.5 Å². The zero-order chi connectivity index (χ0) is 19.2. The average Bonchev–Trinajstić information content (AvgIpc) is 3.21. The van der Waals surface area contributed by atoms with Crippen LogP contribution in [0.4, 0.5) is 0 Å². The average molecular weight is 375 g/mol. The minimum Gasteiger partial charge on any atom is -0.489 e. The largest absolute Gasteiger partial charge is 0.489 e. The van der Waals surface area contributed by atoms with Gasteiger partial charge in [0, 0.05) is 17.7 Å². The van der Waals surface area contributed by atoms with E-state index in [9.17, 15) is 4.79 Å². The first-order valence-corrected chi connectivity index (χ1v) is 9.22. The van der Waals surface area contributed by atoms with E-state index in [1.807, 2.05) is 72.8 Å². The fraction of sp³-hybridized carbons (Fsp3) is 0.174. The van der Waals surface area contributed by atoms with E-state index >= 15 is 0 Å². The molecule has 0 saturated heterocycles. The smallest absolute Gasteiger partial charge is 0.251 e. The maximum absolute atomic E-state index is 12.6. The molecule has 28 heavy (non-hydrogen) atoms. The first-order valence-electron chi connectivity index (χ1n) is 9.22. The Labute approximate surface area is 163 Å². The Balaban J connectivity index is 1.34.